The van der Waals surface area contributed by atoms with Gasteiger partial charge in [0.15, 0.2) is 10.2 Å². The predicted octanol–water partition coefficient (Wildman–Crippen LogP) is -1.08. The molecule has 0 aliphatic heterocycles. The first-order valence-corrected chi connectivity index (χ1v) is 2.75. The fourth-order valence-electron chi connectivity index (χ4n) is 0.461. The Morgan fingerprint density at radius 1 is 1.36 bits per heavy atom. The molecule has 1 aromatic heterocycles. The molecule has 0 aliphatic carbocycles. The average molecular weight is 208 g/mol. The molecule has 1 rings (SSSR count). The van der Waals surface area contributed by atoms with Crippen molar-refractivity contribution in [2.75, 3.05) is 5.43 Å². The third-order valence-electron chi connectivity index (χ3n) is 0.841. The summed E-state index contributed by atoms with van der Waals surface area (Å²) in [7, 11) is 0. The van der Waals surface area contributed by atoms with Crippen LogP contribution in [0.5, 0.6) is 0 Å². The van der Waals surface area contributed by atoms with E-state index in [1.807, 2.05) is 0 Å². The second-order valence-corrected chi connectivity index (χ2v) is 1.56. The van der Waals surface area contributed by atoms with Gasteiger partial charge >= 0.3 is 11.6 Å². The van der Waals surface area contributed by atoms with Crippen LogP contribution in [0.4, 0.5) is 11.6 Å². The van der Waals surface area contributed by atoms with Gasteiger partial charge in [-0.1, -0.05) is 5.43 Å². The number of hydrazine groups is 1. The molecule has 0 saturated heterocycles. The first-order chi connectivity index (χ1) is 6.61. The number of aromatic nitrogens is 2. The Hall–Kier alpha value is -2.34. The van der Waals surface area contributed by atoms with Crippen LogP contribution in [0.3, 0.4) is 0 Å². The lowest BCUT2D eigenvalue weighted by atomic mass is 10.7. The monoisotopic (exact) mass is 208 g/mol. The molecule has 78 valence electrons. The topological polar surface area (TPSA) is 183 Å². The Labute approximate surface area is 74.5 Å². The molecule has 0 fully saturated rings. The molecule has 0 radical (unpaired) electrons. The summed E-state index contributed by atoms with van der Waals surface area (Å²) in [5.74, 6) is 2.04. The number of nitro groups is 2. The minimum Gasteiger partial charge on any atom is -0.358 e. The van der Waals surface area contributed by atoms with Crippen LogP contribution in [0.2, 0.25) is 0 Å². The molecular formula is C2H4N6O6. The van der Waals surface area contributed by atoms with E-state index in [9.17, 15) is 20.2 Å². The lowest BCUT2D eigenvalue weighted by molar-refractivity contribution is -0.447. The van der Waals surface area contributed by atoms with Crippen LogP contribution in [0.15, 0.2) is 4.63 Å². The molecule has 0 spiro atoms. The molecule has 0 amide bonds. The molecule has 0 aromatic carbocycles. The number of nitrogens with zero attached hydrogens (tertiary/aromatic N) is 4. The molecule has 0 bridgehead atoms. The van der Waals surface area contributed by atoms with Crippen LogP contribution in [0, 0.1) is 20.2 Å². The molecular weight excluding hydrogens is 204 g/mol. The summed E-state index contributed by atoms with van der Waals surface area (Å²) < 4.78 is 3.90. The number of nitrogens with one attached hydrogen (secondary N) is 1. The largest absolute Gasteiger partial charge is 0.464 e. The highest BCUT2D eigenvalue weighted by atomic mass is 16.7. The van der Waals surface area contributed by atoms with Crippen LogP contribution in [0.1, 0.15) is 0 Å². The maximum absolute atomic E-state index is 10.0. The smallest absolute Gasteiger partial charge is 0.358 e. The highest BCUT2D eigenvalue weighted by Gasteiger charge is 2.25. The van der Waals surface area contributed by atoms with E-state index in [-0.39, 0.29) is 0 Å². The number of anilines is 1. The van der Waals surface area contributed by atoms with Gasteiger partial charge in [0.2, 0.25) is 0 Å². The van der Waals surface area contributed by atoms with Gasteiger partial charge in [0.1, 0.15) is 0 Å². The van der Waals surface area contributed by atoms with Crippen molar-refractivity contribution in [3.8, 4) is 0 Å². The lowest BCUT2D eigenvalue weighted by Crippen LogP contribution is -2.09. The highest BCUT2D eigenvalue weighted by molar-refractivity contribution is 5.46. The summed E-state index contributed by atoms with van der Waals surface area (Å²) >= 11 is 0. The molecule has 14 heavy (non-hydrogen) atoms. The first kappa shape index (κ1) is 11.7. The Bertz CT molecular complexity index is 320. The van der Waals surface area contributed by atoms with Crippen molar-refractivity contribution < 1.29 is 19.8 Å². The molecule has 12 heteroatoms. The minimum atomic E-state index is -1.01. The Kier molecular flexibility index (Phi) is 4.44. The predicted molar refractivity (Wildman–Crippen MR) is 37.5 cm³/mol. The van der Waals surface area contributed by atoms with Crippen molar-refractivity contribution in [3.05, 3.63) is 20.2 Å². The van der Waals surface area contributed by atoms with Gasteiger partial charge in [-0.3, -0.25) is 0 Å². The van der Waals surface area contributed by atoms with Crippen molar-refractivity contribution in [2.45, 2.75) is 0 Å². The van der Waals surface area contributed by atoms with Crippen molar-refractivity contribution in [3.63, 3.8) is 0 Å². The van der Waals surface area contributed by atoms with E-state index in [2.05, 4.69) is 20.8 Å². The molecule has 1 aromatic rings. The molecule has 1 heterocycles. The van der Waals surface area contributed by atoms with Crippen LogP contribution in [-0.4, -0.2) is 25.5 Å². The minimum absolute atomic E-state index is 0.634. The molecule has 12 nitrogen and oxygen atoms in total. The molecule has 0 aliphatic rings. The van der Waals surface area contributed by atoms with Crippen LogP contribution >= 0.6 is 0 Å². The quantitative estimate of drug-likeness (QED) is 0.407. The Morgan fingerprint density at radius 2 is 1.93 bits per heavy atom. The van der Waals surface area contributed by atoms with Crippen LogP contribution in [-0.2, 0) is 0 Å². The normalized spacial score (nSPS) is 8.43. The lowest BCUT2D eigenvalue weighted by Gasteiger charge is -1.88. The molecule has 4 N–H and O–H groups in total. The van der Waals surface area contributed by atoms with Crippen molar-refractivity contribution in [1.29, 1.82) is 0 Å². The highest BCUT2D eigenvalue weighted by Crippen LogP contribution is 2.17. The van der Waals surface area contributed by atoms with Gasteiger partial charge in [-0.15, -0.1) is 4.63 Å². The summed E-state index contributed by atoms with van der Waals surface area (Å²) in [6, 6.07) is 0. The van der Waals surface area contributed by atoms with Gasteiger partial charge < -0.3 is 15.3 Å². The van der Waals surface area contributed by atoms with Gasteiger partial charge in [0, 0.05) is 5.16 Å². The van der Waals surface area contributed by atoms with E-state index >= 15 is 0 Å². The maximum Gasteiger partial charge on any atom is 0.464 e. The number of nitrogens with two attached hydrogens (primary N) is 1. The summed E-state index contributed by atoms with van der Waals surface area (Å²) in [6.07, 6.45) is 0. The van der Waals surface area contributed by atoms with Gasteiger partial charge in [0.05, 0.1) is 0 Å². The molecule has 0 atom stereocenters. The first-order valence-electron chi connectivity index (χ1n) is 2.75. The summed E-state index contributed by atoms with van der Waals surface area (Å²) in [6.45, 7) is 0. The van der Waals surface area contributed by atoms with E-state index < -0.39 is 21.6 Å². The van der Waals surface area contributed by atoms with Gasteiger partial charge in [0.25, 0.3) is 0 Å². The average Bonchev–Trinajstić information content (AvgIpc) is 2.55. The zero-order valence-corrected chi connectivity index (χ0v) is 6.35. The number of rotatable bonds is 3. The summed E-state index contributed by atoms with van der Waals surface area (Å²) in [5.41, 5.74) is 1.45. The Balaban J connectivity index is 0.000000791. The summed E-state index contributed by atoms with van der Waals surface area (Å²) in [4.78, 5) is 18.9. The zero-order chi connectivity index (χ0) is 11.1. The zero-order valence-electron chi connectivity index (χ0n) is 6.35. The van der Waals surface area contributed by atoms with Crippen molar-refractivity contribution in [2.24, 2.45) is 5.90 Å². The molecule has 0 unspecified atom stereocenters. The van der Waals surface area contributed by atoms with Gasteiger partial charge in [-0.05, 0) is 4.92 Å². The van der Waals surface area contributed by atoms with Crippen molar-refractivity contribution >= 4 is 11.6 Å². The van der Waals surface area contributed by atoms with E-state index in [0.29, 0.717) is 0 Å². The third-order valence-corrected chi connectivity index (χ3v) is 0.841. The third kappa shape index (κ3) is 2.95. The van der Waals surface area contributed by atoms with E-state index in [4.69, 9.17) is 5.21 Å². The summed E-state index contributed by atoms with van der Waals surface area (Å²) in [5, 5.41) is 31.1. The van der Waals surface area contributed by atoms with Gasteiger partial charge in [-0.25, -0.2) is 16.0 Å². The fourth-order valence-corrected chi connectivity index (χ4v) is 0.461. The van der Waals surface area contributed by atoms with E-state index in [1.165, 1.54) is 5.43 Å². The second kappa shape index (κ2) is 5.33. The standard InChI is InChI=1S/C2HN5O5.H3NO/c8-6(9)2-1(3-7(10)11)4-12-5-2;1-2/h(H,3,4);2H,1H2. The van der Waals surface area contributed by atoms with Crippen LogP contribution in [0.25, 0.3) is 0 Å². The van der Waals surface area contributed by atoms with Gasteiger partial charge in [-0.2, -0.15) is 0 Å². The maximum atomic E-state index is 10.0. The van der Waals surface area contributed by atoms with Crippen LogP contribution < -0.4 is 11.3 Å². The number of hydrogen-bond acceptors (Lipinski definition) is 9. The number of hydrogen-bond donors (Lipinski definition) is 3. The van der Waals surface area contributed by atoms with E-state index in [0.717, 1.165) is 0 Å². The fraction of sp³-hybridized carbons (Fsp3) is 0. The van der Waals surface area contributed by atoms with E-state index in [1.54, 1.807) is 0 Å². The van der Waals surface area contributed by atoms with Crippen molar-refractivity contribution in [1.82, 2.24) is 10.3 Å². The SMILES string of the molecule is NO.O=[N+]([O-])Nc1nonc1[N+](=O)[O-]. The molecule has 0 saturated carbocycles. The Morgan fingerprint density at radius 3 is 2.36 bits per heavy atom. The second-order valence-electron chi connectivity index (χ2n) is 1.56.